The Labute approximate surface area is 192 Å². The minimum Gasteiger partial charge on any atom is -0.489 e. The molecule has 1 aromatic heterocycles. The summed E-state index contributed by atoms with van der Waals surface area (Å²) >= 11 is 4.91. The molecule has 1 aliphatic rings. The predicted octanol–water partition coefficient (Wildman–Crippen LogP) is 5.37. The molecule has 0 aliphatic carbocycles. The topological polar surface area (TPSA) is 53.9 Å². The summed E-state index contributed by atoms with van der Waals surface area (Å²) in [6.07, 6.45) is 0. The number of likely N-dealkylation sites (N-methyl/N-ethyl adjacent to an activating group) is 1. The van der Waals surface area contributed by atoms with Crippen molar-refractivity contribution < 1.29 is 13.9 Å². The molecule has 3 aromatic rings. The van der Waals surface area contributed by atoms with E-state index in [0.29, 0.717) is 23.6 Å². The van der Waals surface area contributed by atoms with Gasteiger partial charge in [0.05, 0.1) is 17.8 Å². The Bertz CT molecular complexity index is 1130. The Morgan fingerprint density at radius 3 is 2.61 bits per heavy atom. The molecule has 158 valence electrons. The van der Waals surface area contributed by atoms with Crippen molar-refractivity contribution in [1.29, 1.82) is 0 Å². The lowest BCUT2D eigenvalue weighted by Crippen LogP contribution is -2.21. The lowest BCUT2D eigenvalue weighted by atomic mass is 10.1. The Morgan fingerprint density at radius 1 is 1.19 bits per heavy atom. The Hall–Kier alpha value is -2.97. The molecule has 0 saturated carbocycles. The van der Waals surface area contributed by atoms with Crippen molar-refractivity contribution in [2.45, 2.75) is 0 Å². The zero-order chi connectivity index (χ0) is 21.8. The normalized spacial score (nSPS) is 14.4. The Kier molecular flexibility index (Phi) is 6.48. The van der Waals surface area contributed by atoms with Gasteiger partial charge in [-0.2, -0.15) is 5.10 Å². The SMILES string of the molecule is CN1CC(OCC(=NNc2ccc(Br)cc2)c2ccc(F)cc2)=C(c2cccs2)C1=O. The molecule has 0 fully saturated rings. The van der Waals surface area contributed by atoms with Gasteiger partial charge in [0.25, 0.3) is 5.91 Å². The lowest BCUT2D eigenvalue weighted by molar-refractivity contribution is -0.122. The van der Waals surface area contributed by atoms with E-state index >= 15 is 0 Å². The van der Waals surface area contributed by atoms with Crippen molar-refractivity contribution >= 4 is 50.1 Å². The van der Waals surface area contributed by atoms with Gasteiger partial charge in [-0.15, -0.1) is 11.3 Å². The standard InChI is InChI=1S/C23H19BrFN3O2S/c1-28-13-20(22(23(28)29)21-3-2-12-31-21)30-14-19(15-4-8-17(25)9-5-15)27-26-18-10-6-16(24)7-11-18/h2-12,26H,13-14H2,1H3. The van der Waals surface area contributed by atoms with E-state index in [4.69, 9.17) is 4.74 Å². The second-order valence-corrected chi connectivity index (χ2v) is 8.77. The number of halogens is 2. The van der Waals surface area contributed by atoms with Crippen LogP contribution in [0.5, 0.6) is 0 Å². The van der Waals surface area contributed by atoms with E-state index in [1.54, 1.807) is 24.1 Å². The molecule has 0 saturated heterocycles. The van der Waals surface area contributed by atoms with Crippen molar-refractivity contribution in [3.8, 4) is 0 Å². The highest BCUT2D eigenvalue weighted by Crippen LogP contribution is 2.31. The number of nitrogens with zero attached hydrogens (tertiary/aromatic N) is 2. The summed E-state index contributed by atoms with van der Waals surface area (Å²) in [4.78, 5) is 15.1. The van der Waals surface area contributed by atoms with Crippen LogP contribution >= 0.6 is 27.3 Å². The van der Waals surface area contributed by atoms with Gasteiger partial charge in [0, 0.05) is 22.0 Å². The summed E-state index contributed by atoms with van der Waals surface area (Å²) in [6.45, 7) is 0.517. The molecular weight excluding hydrogens is 481 g/mol. The molecule has 0 bridgehead atoms. The van der Waals surface area contributed by atoms with Crippen molar-refractivity contribution in [2.24, 2.45) is 5.10 Å². The van der Waals surface area contributed by atoms with Crippen molar-refractivity contribution in [1.82, 2.24) is 4.90 Å². The first-order valence-corrected chi connectivity index (χ1v) is 11.2. The molecule has 1 amide bonds. The van der Waals surface area contributed by atoms with Gasteiger partial charge >= 0.3 is 0 Å². The highest BCUT2D eigenvalue weighted by Gasteiger charge is 2.31. The van der Waals surface area contributed by atoms with E-state index in [1.807, 2.05) is 41.8 Å². The summed E-state index contributed by atoms with van der Waals surface area (Å²) in [6, 6.07) is 17.5. The Balaban J connectivity index is 1.59. The highest BCUT2D eigenvalue weighted by molar-refractivity contribution is 9.10. The molecule has 1 N–H and O–H groups in total. The van der Waals surface area contributed by atoms with Gasteiger partial charge in [-0.05, 0) is 47.8 Å². The minimum atomic E-state index is -0.324. The maximum Gasteiger partial charge on any atom is 0.258 e. The maximum atomic E-state index is 13.4. The van der Waals surface area contributed by atoms with E-state index in [-0.39, 0.29) is 18.3 Å². The molecule has 2 heterocycles. The van der Waals surface area contributed by atoms with E-state index in [0.717, 1.165) is 20.6 Å². The number of ether oxygens (including phenoxy) is 1. The lowest BCUT2D eigenvalue weighted by Gasteiger charge is -2.12. The molecule has 0 spiro atoms. The number of thiophene rings is 1. The average molecular weight is 500 g/mol. The van der Waals surface area contributed by atoms with Crippen LogP contribution in [0.25, 0.3) is 5.57 Å². The molecule has 31 heavy (non-hydrogen) atoms. The number of hydrogen-bond acceptors (Lipinski definition) is 5. The third-order valence-corrected chi connectivity index (χ3v) is 6.13. The van der Waals surface area contributed by atoms with Crippen molar-refractivity contribution in [3.05, 3.63) is 92.5 Å². The fourth-order valence-electron chi connectivity index (χ4n) is 3.09. The number of benzene rings is 2. The predicted molar refractivity (Wildman–Crippen MR) is 126 cm³/mol. The van der Waals surface area contributed by atoms with Crippen LogP contribution < -0.4 is 5.43 Å². The zero-order valence-electron chi connectivity index (χ0n) is 16.6. The molecule has 8 heteroatoms. The number of carbonyl (C=O) groups excluding carboxylic acids is 1. The third-order valence-electron chi connectivity index (χ3n) is 4.71. The van der Waals surface area contributed by atoms with Gasteiger partial charge in [0.2, 0.25) is 0 Å². The van der Waals surface area contributed by atoms with Crippen LogP contribution in [-0.2, 0) is 9.53 Å². The molecule has 1 aliphatic heterocycles. The summed E-state index contributed by atoms with van der Waals surface area (Å²) in [5, 5.41) is 6.43. The van der Waals surface area contributed by atoms with Gasteiger partial charge in [-0.1, -0.05) is 34.1 Å². The molecular formula is C23H19BrFN3O2S. The molecule has 5 nitrogen and oxygen atoms in total. The average Bonchev–Trinajstić information content (AvgIpc) is 3.38. The quantitative estimate of drug-likeness (QED) is 0.351. The van der Waals surface area contributed by atoms with Gasteiger partial charge in [0.15, 0.2) is 0 Å². The minimum absolute atomic E-state index is 0.0642. The zero-order valence-corrected chi connectivity index (χ0v) is 19.0. The summed E-state index contributed by atoms with van der Waals surface area (Å²) in [5.41, 5.74) is 5.71. The van der Waals surface area contributed by atoms with Crippen LogP contribution in [0.4, 0.5) is 10.1 Å². The number of rotatable bonds is 7. The second-order valence-electron chi connectivity index (χ2n) is 6.91. The van der Waals surface area contributed by atoms with Crippen molar-refractivity contribution in [2.75, 3.05) is 25.6 Å². The number of nitrogens with one attached hydrogen (secondary N) is 1. The van der Waals surface area contributed by atoms with Crippen molar-refractivity contribution in [3.63, 3.8) is 0 Å². The molecule has 2 aromatic carbocycles. The van der Waals surface area contributed by atoms with Gasteiger partial charge in [-0.25, -0.2) is 4.39 Å². The van der Waals surface area contributed by atoms with Crippen LogP contribution in [0.3, 0.4) is 0 Å². The summed E-state index contributed by atoms with van der Waals surface area (Å²) in [7, 11) is 1.75. The van der Waals surface area contributed by atoms with Crippen LogP contribution in [0.15, 0.2) is 81.4 Å². The number of hydrazone groups is 1. The van der Waals surface area contributed by atoms with Gasteiger partial charge in [-0.3, -0.25) is 10.2 Å². The molecule has 0 atom stereocenters. The molecule has 0 unspecified atom stereocenters. The van der Waals surface area contributed by atoms with Crippen LogP contribution in [-0.4, -0.2) is 36.7 Å². The number of anilines is 1. The monoisotopic (exact) mass is 499 g/mol. The third kappa shape index (κ3) is 5.03. The van der Waals surface area contributed by atoms with Gasteiger partial charge < -0.3 is 9.64 Å². The van der Waals surface area contributed by atoms with Gasteiger partial charge in [0.1, 0.15) is 23.9 Å². The van der Waals surface area contributed by atoms with E-state index in [1.165, 1.54) is 23.5 Å². The van der Waals surface area contributed by atoms with Crippen LogP contribution in [0, 0.1) is 5.82 Å². The van der Waals surface area contributed by atoms with E-state index in [9.17, 15) is 9.18 Å². The fourth-order valence-corrected chi connectivity index (χ4v) is 4.14. The highest BCUT2D eigenvalue weighted by atomic mass is 79.9. The Morgan fingerprint density at radius 2 is 1.94 bits per heavy atom. The van der Waals surface area contributed by atoms with Crippen LogP contribution in [0.2, 0.25) is 0 Å². The first-order valence-electron chi connectivity index (χ1n) is 9.50. The second kappa shape index (κ2) is 9.45. The fraction of sp³-hybridized carbons (Fsp3) is 0.130. The number of amides is 1. The number of carbonyl (C=O) groups is 1. The molecule has 0 radical (unpaired) electrons. The van der Waals surface area contributed by atoms with Crippen LogP contribution in [0.1, 0.15) is 10.4 Å². The van der Waals surface area contributed by atoms with E-state index in [2.05, 4.69) is 26.5 Å². The number of hydrogen-bond donors (Lipinski definition) is 1. The van der Waals surface area contributed by atoms with E-state index < -0.39 is 0 Å². The first-order chi connectivity index (χ1) is 15.0. The summed E-state index contributed by atoms with van der Waals surface area (Å²) < 4.78 is 20.5. The molecule has 4 rings (SSSR count). The largest absolute Gasteiger partial charge is 0.489 e. The summed E-state index contributed by atoms with van der Waals surface area (Å²) in [5.74, 6) is 0.217. The first kappa shape index (κ1) is 21.3. The maximum absolute atomic E-state index is 13.4. The smallest absolute Gasteiger partial charge is 0.258 e.